The molecule has 2 amide bonds. The predicted octanol–water partition coefficient (Wildman–Crippen LogP) is 4.79. The molecule has 224 valence electrons. The number of hydrogen-bond donors (Lipinski definition) is 1. The summed E-state index contributed by atoms with van der Waals surface area (Å²) in [6, 6.07) is 26.0. The summed E-state index contributed by atoms with van der Waals surface area (Å²) in [5.74, 6) is 0.833. The first-order valence-corrected chi connectivity index (χ1v) is 16.2. The quantitative estimate of drug-likeness (QED) is 0.309. The second kappa shape index (κ2) is 13.7. The lowest BCUT2D eigenvalue weighted by molar-refractivity contribution is 0.0955. The maximum atomic E-state index is 13.8. The van der Waals surface area contributed by atoms with Gasteiger partial charge in [0.05, 0.1) is 30.7 Å². The number of urea groups is 1. The van der Waals surface area contributed by atoms with E-state index in [-0.39, 0.29) is 36.0 Å². The molecule has 2 fully saturated rings. The molecule has 1 aliphatic heterocycles. The van der Waals surface area contributed by atoms with Gasteiger partial charge in [0.2, 0.25) is 10.0 Å². The Kier molecular flexibility index (Phi) is 9.82. The lowest BCUT2D eigenvalue weighted by Gasteiger charge is -2.30. The van der Waals surface area contributed by atoms with Crippen LogP contribution in [0.25, 0.3) is 0 Å². The molecule has 42 heavy (non-hydrogen) atoms. The normalized spacial score (nSPS) is 18.6. The summed E-state index contributed by atoms with van der Waals surface area (Å²) in [4.78, 5) is 17.4. The molecule has 2 atom stereocenters. The fourth-order valence-electron chi connectivity index (χ4n) is 6.16. The summed E-state index contributed by atoms with van der Waals surface area (Å²) in [5, 5.41) is 11.4. The predicted molar refractivity (Wildman–Crippen MR) is 163 cm³/mol. The molecule has 2 aliphatic rings. The highest BCUT2D eigenvalue weighted by molar-refractivity contribution is 7.89. The van der Waals surface area contributed by atoms with Gasteiger partial charge in [-0.3, -0.25) is 0 Å². The molecule has 1 saturated carbocycles. The first kappa shape index (κ1) is 30.1. The maximum Gasteiger partial charge on any atom is 0.320 e. The zero-order valence-electron chi connectivity index (χ0n) is 24.2. The van der Waals surface area contributed by atoms with Crippen molar-refractivity contribution in [1.29, 1.82) is 0 Å². The first-order valence-electron chi connectivity index (χ1n) is 14.8. The van der Waals surface area contributed by atoms with Gasteiger partial charge in [0, 0.05) is 26.2 Å². The Morgan fingerprint density at radius 3 is 2.17 bits per heavy atom. The summed E-state index contributed by atoms with van der Waals surface area (Å²) in [5.41, 5.74) is 2.15. The van der Waals surface area contributed by atoms with Crippen LogP contribution >= 0.6 is 0 Å². The molecular weight excluding hydrogens is 550 g/mol. The number of aliphatic hydroxyl groups is 1. The summed E-state index contributed by atoms with van der Waals surface area (Å²) in [7, 11) is -2.33. The van der Waals surface area contributed by atoms with Crippen molar-refractivity contribution < 1.29 is 23.1 Å². The Balaban J connectivity index is 1.34. The van der Waals surface area contributed by atoms with Crippen LogP contribution in [-0.2, 0) is 23.0 Å². The Morgan fingerprint density at radius 2 is 1.55 bits per heavy atom. The highest BCUT2D eigenvalue weighted by Crippen LogP contribution is 2.29. The molecule has 0 aromatic heterocycles. The number of nitrogens with zero attached hydrogens (tertiary/aromatic N) is 3. The molecule has 1 saturated heterocycles. The van der Waals surface area contributed by atoms with Crippen molar-refractivity contribution in [3.8, 4) is 5.75 Å². The molecule has 0 unspecified atom stereocenters. The third kappa shape index (κ3) is 7.32. The van der Waals surface area contributed by atoms with Gasteiger partial charge in [0.15, 0.2) is 0 Å². The van der Waals surface area contributed by atoms with Crippen molar-refractivity contribution in [2.75, 3.05) is 33.3 Å². The molecule has 1 heterocycles. The zero-order chi connectivity index (χ0) is 29.5. The Labute approximate surface area is 249 Å². The highest BCUT2D eigenvalue weighted by Gasteiger charge is 2.39. The SMILES string of the molecule is COc1ccc(S(=O)(=O)N(CC2CCCC2)C[C@@H](O)CN2C(=O)N(Cc3ccccc3)C[C@@H]2Cc2ccccc2)cc1. The van der Waals surface area contributed by atoms with Crippen molar-refractivity contribution in [2.45, 2.75) is 55.7 Å². The zero-order valence-corrected chi connectivity index (χ0v) is 25.0. The van der Waals surface area contributed by atoms with Crippen LogP contribution in [-0.4, -0.2) is 79.1 Å². The van der Waals surface area contributed by atoms with Crippen LogP contribution in [0.15, 0.2) is 89.8 Å². The van der Waals surface area contributed by atoms with Gasteiger partial charge in [0.1, 0.15) is 5.75 Å². The number of carbonyl (C=O) groups excluding carboxylic acids is 1. The van der Waals surface area contributed by atoms with Crippen molar-refractivity contribution in [3.05, 3.63) is 96.1 Å². The number of methoxy groups -OCH3 is 1. The van der Waals surface area contributed by atoms with Crippen molar-refractivity contribution >= 4 is 16.1 Å². The van der Waals surface area contributed by atoms with E-state index in [9.17, 15) is 18.3 Å². The molecular formula is C33H41N3O5S. The number of rotatable bonds is 13. The maximum absolute atomic E-state index is 13.8. The van der Waals surface area contributed by atoms with Gasteiger partial charge in [-0.1, -0.05) is 73.5 Å². The molecule has 3 aromatic rings. The van der Waals surface area contributed by atoms with E-state index in [0.29, 0.717) is 31.8 Å². The topological polar surface area (TPSA) is 90.4 Å². The monoisotopic (exact) mass is 591 g/mol. The van der Waals surface area contributed by atoms with Gasteiger partial charge in [-0.15, -0.1) is 0 Å². The molecule has 1 aliphatic carbocycles. The van der Waals surface area contributed by atoms with Crippen LogP contribution in [0.1, 0.15) is 36.8 Å². The van der Waals surface area contributed by atoms with Crippen molar-refractivity contribution in [1.82, 2.24) is 14.1 Å². The molecule has 3 aromatic carbocycles. The minimum atomic E-state index is -3.87. The number of carbonyl (C=O) groups is 1. The average Bonchev–Trinajstić information content (AvgIpc) is 3.62. The Hall–Kier alpha value is -3.40. The molecule has 0 spiro atoms. The lowest BCUT2D eigenvalue weighted by Crippen LogP contribution is -2.47. The first-order chi connectivity index (χ1) is 20.3. The number of aliphatic hydroxyl groups excluding tert-OH is 1. The van der Waals surface area contributed by atoms with E-state index in [4.69, 9.17) is 4.74 Å². The fourth-order valence-corrected chi connectivity index (χ4v) is 7.71. The number of amides is 2. The molecule has 9 heteroatoms. The van der Waals surface area contributed by atoms with E-state index in [2.05, 4.69) is 0 Å². The van der Waals surface area contributed by atoms with E-state index in [1.165, 1.54) is 11.4 Å². The third-order valence-electron chi connectivity index (χ3n) is 8.37. The second-order valence-electron chi connectivity index (χ2n) is 11.4. The van der Waals surface area contributed by atoms with Gasteiger partial charge in [-0.05, 0) is 60.6 Å². The van der Waals surface area contributed by atoms with Crippen LogP contribution < -0.4 is 4.74 Å². The highest BCUT2D eigenvalue weighted by atomic mass is 32.2. The summed E-state index contributed by atoms with van der Waals surface area (Å²) in [6.45, 7) is 1.35. The van der Waals surface area contributed by atoms with Crippen molar-refractivity contribution in [2.24, 2.45) is 5.92 Å². The van der Waals surface area contributed by atoms with Crippen LogP contribution in [0.4, 0.5) is 4.79 Å². The number of sulfonamides is 1. The van der Waals surface area contributed by atoms with Crippen molar-refractivity contribution in [3.63, 3.8) is 0 Å². The van der Waals surface area contributed by atoms with E-state index < -0.39 is 16.1 Å². The number of ether oxygens (including phenoxy) is 1. The minimum absolute atomic E-state index is 0.0565. The second-order valence-corrected chi connectivity index (χ2v) is 13.4. The van der Waals surface area contributed by atoms with Crippen LogP contribution in [0.5, 0.6) is 5.75 Å². The number of benzene rings is 3. The molecule has 8 nitrogen and oxygen atoms in total. The Bertz CT molecular complexity index is 1400. The summed E-state index contributed by atoms with van der Waals surface area (Å²) < 4.78 is 34.2. The van der Waals surface area contributed by atoms with Gasteiger partial charge >= 0.3 is 6.03 Å². The van der Waals surface area contributed by atoms with Gasteiger partial charge in [-0.25, -0.2) is 13.2 Å². The minimum Gasteiger partial charge on any atom is -0.497 e. The Morgan fingerprint density at radius 1 is 0.929 bits per heavy atom. The summed E-state index contributed by atoms with van der Waals surface area (Å²) >= 11 is 0. The van der Waals surface area contributed by atoms with Crippen LogP contribution in [0.3, 0.4) is 0 Å². The van der Waals surface area contributed by atoms with Gasteiger partial charge in [-0.2, -0.15) is 4.31 Å². The summed E-state index contributed by atoms with van der Waals surface area (Å²) in [6.07, 6.45) is 3.74. The third-order valence-corrected chi connectivity index (χ3v) is 10.2. The van der Waals surface area contributed by atoms with Gasteiger partial charge in [0.25, 0.3) is 0 Å². The lowest BCUT2D eigenvalue weighted by atomic mass is 10.1. The smallest absolute Gasteiger partial charge is 0.320 e. The standard InChI is InChI=1S/C33H41N3O5S/c1-41-31-16-18-32(19-17-31)42(39,40)35(22-28-14-8-9-15-28)24-30(37)25-36-29(20-26-10-4-2-5-11-26)23-34(33(36)38)21-27-12-6-3-7-13-27/h2-7,10-13,16-19,28-30,37H,8-9,14-15,20-25H2,1H3/t29-,30+/m0/s1. The number of hydrogen-bond acceptors (Lipinski definition) is 5. The molecule has 5 rings (SSSR count). The molecule has 0 bridgehead atoms. The largest absolute Gasteiger partial charge is 0.497 e. The number of β-amino-alcohol motifs (C(OH)–C–C–N with tert-alkyl or cyclic N) is 1. The van der Waals surface area contributed by atoms with E-state index in [1.54, 1.807) is 29.2 Å². The molecule has 1 N–H and O–H groups in total. The van der Waals surface area contributed by atoms with E-state index >= 15 is 0 Å². The fraction of sp³-hybridized carbons (Fsp3) is 0.424. The average molecular weight is 592 g/mol. The molecule has 0 radical (unpaired) electrons. The van der Waals surface area contributed by atoms with E-state index in [0.717, 1.165) is 36.8 Å². The van der Waals surface area contributed by atoms with Crippen LogP contribution in [0.2, 0.25) is 0 Å². The van der Waals surface area contributed by atoms with Crippen LogP contribution in [0, 0.1) is 5.92 Å². The van der Waals surface area contributed by atoms with Gasteiger partial charge < -0.3 is 19.6 Å². The van der Waals surface area contributed by atoms with E-state index in [1.807, 2.05) is 65.6 Å².